The van der Waals surface area contributed by atoms with E-state index in [1.54, 1.807) is 30.0 Å². The molecule has 0 saturated carbocycles. The lowest BCUT2D eigenvalue weighted by molar-refractivity contribution is -0.138. The first-order valence-corrected chi connectivity index (χ1v) is 7.78. The Bertz CT molecular complexity index is 750. The van der Waals surface area contributed by atoms with Crippen LogP contribution in [0.25, 0.3) is 10.8 Å². The zero-order chi connectivity index (χ0) is 16.4. The van der Waals surface area contributed by atoms with Gasteiger partial charge in [0.1, 0.15) is 11.3 Å². The lowest BCUT2D eigenvalue weighted by Gasteiger charge is -2.20. The smallest absolute Gasteiger partial charge is 0.342 e. The third-order valence-electron chi connectivity index (χ3n) is 4.17. The second kappa shape index (κ2) is 6.28. The zero-order valence-corrected chi connectivity index (χ0v) is 13.0. The molecule has 1 saturated heterocycles. The van der Waals surface area contributed by atoms with Gasteiger partial charge in [-0.1, -0.05) is 30.3 Å². The van der Waals surface area contributed by atoms with Gasteiger partial charge < -0.3 is 14.7 Å². The van der Waals surface area contributed by atoms with Crippen LogP contribution in [0.5, 0.6) is 5.75 Å². The van der Waals surface area contributed by atoms with Gasteiger partial charge in [-0.05, 0) is 31.2 Å². The average molecular weight is 313 g/mol. The molecule has 1 amide bonds. The molecule has 0 spiro atoms. The number of fused-ring (bicyclic) bond motifs is 1. The second-order valence-electron chi connectivity index (χ2n) is 5.76. The number of aromatic hydroxyl groups is 1. The predicted octanol–water partition coefficient (Wildman–Crippen LogP) is 2.71. The summed E-state index contributed by atoms with van der Waals surface area (Å²) in [5, 5.41) is 11.7. The number of benzene rings is 2. The molecule has 0 bridgehead atoms. The van der Waals surface area contributed by atoms with E-state index in [4.69, 9.17) is 4.74 Å². The minimum absolute atomic E-state index is 0.0739. The number of hydrogen-bond acceptors (Lipinski definition) is 4. The van der Waals surface area contributed by atoms with E-state index in [2.05, 4.69) is 0 Å². The van der Waals surface area contributed by atoms with E-state index in [9.17, 15) is 14.7 Å². The first-order chi connectivity index (χ1) is 11.1. The number of phenolic OH excluding ortho intramolecular Hbond substituents is 1. The molecule has 5 nitrogen and oxygen atoms in total. The third kappa shape index (κ3) is 2.99. The highest BCUT2D eigenvalue weighted by molar-refractivity contribution is 6.01. The number of amides is 1. The van der Waals surface area contributed by atoms with Gasteiger partial charge in [0.25, 0.3) is 5.91 Å². The van der Waals surface area contributed by atoms with Crippen LogP contribution in [0.1, 0.15) is 30.1 Å². The number of ether oxygens (including phenoxy) is 1. The van der Waals surface area contributed by atoms with Crippen molar-refractivity contribution in [2.45, 2.75) is 25.9 Å². The topological polar surface area (TPSA) is 66.8 Å². The summed E-state index contributed by atoms with van der Waals surface area (Å²) < 4.78 is 5.25. The highest BCUT2D eigenvalue weighted by atomic mass is 16.5. The molecular weight excluding hydrogens is 294 g/mol. The summed E-state index contributed by atoms with van der Waals surface area (Å²) in [6.45, 7) is 2.99. The van der Waals surface area contributed by atoms with Gasteiger partial charge in [-0.3, -0.25) is 4.79 Å². The Kier molecular flexibility index (Phi) is 4.19. The van der Waals surface area contributed by atoms with Crippen molar-refractivity contribution in [3.8, 4) is 5.75 Å². The van der Waals surface area contributed by atoms with Crippen molar-refractivity contribution in [3.63, 3.8) is 0 Å². The van der Waals surface area contributed by atoms with Crippen molar-refractivity contribution >= 4 is 22.6 Å². The second-order valence-corrected chi connectivity index (χ2v) is 5.76. The Morgan fingerprint density at radius 1 is 1.13 bits per heavy atom. The fourth-order valence-electron chi connectivity index (χ4n) is 2.89. The van der Waals surface area contributed by atoms with Crippen molar-refractivity contribution in [2.75, 3.05) is 13.1 Å². The molecule has 0 radical (unpaired) electrons. The lowest BCUT2D eigenvalue weighted by atomic mass is 10.1. The van der Waals surface area contributed by atoms with Crippen molar-refractivity contribution in [2.24, 2.45) is 0 Å². The minimum atomic E-state index is -0.855. The summed E-state index contributed by atoms with van der Waals surface area (Å²) in [5.41, 5.74) is 0.0739. The van der Waals surface area contributed by atoms with Gasteiger partial charge in [-0.25, -0.2) is 4.79 Å². The summed E-state index contributed by atoms with van der Waals surface area (Å²) in [5.74, 6) is -0.988. The van der Waals surface area contributed by atoms with Crippen molar-refractivity contribution < 1.29 is 19.4 Å². The molecular formula is C18H19NO4. The summed E-state index contributed by atoms with van der Waals surface area (Å²) >= 11 is 0. The maximum absolute atomic E-state index is 12.3. The molecule has 23 heavy (non-hydrogen) atoms. The molecule has 1 aliphatic heterocycles. The fourth-order valence-corrected chi connectivity index (χ4v) is 2.89. The van der Waals surface area contributed by atoms with Crippen LogP contribution in [0.2, 0.25) is 0 Å². The maximum atomic E-state index is 12.3. The minimum Gasteiger partial charge on any atom is -0.506 e. The van der Waals surface area contributed by atoms with Gasteiger partial charge in [0.15, 0.2) is 6.10 Å². The highest BCUT2D eigenvalue weighted by Gasteiger charge is 2.27. The predicted molar refractivity (Wildman–Crippen MR) is 86.3 cm³/mol. The molecule has 1 heterocycles. The quantitative estimate of drug-likeness (QED) is 0.885. The number of likely N-dealkylation sites (tertiary alicyclic amines) is 1. The fraction of sp³-hybridized carbons (Fsp3) is 0.333. The number of hydrogen-bond donors (Lipinski definition) is 1. The molecule has 5 heteroatoms. The SMILES string of the molecule is C[C@@H](OC(=O)c1ccc2ccccc2c1O)C(=O)N1CCCC1. The Morgan fingerprint density at radius 3 is 2.57 bits per heavy atom. The number of carbonyl (C=O) groups excluding carboxylic acids is 2. The highest BCUT2D eigenvalue weighted by Crippen LogP contribution is 2.29. The van der Waals surface area contributed by atoms with Crippen LogP contribution in [0.15, 0.2) is 36.4 Å². The summed E-state index contributed by atoms with van der Waals surface area (Å²) in [6, 6.07) is 10.5. The number of nitrogens with zero attached hydrogens (tertiary/aromatic N) is 1. The van der Waals surface area contributed by atoms with Crippen molar-refractivity contribution in [1.82, 2.24) is 4.90 Å². The van der Waals surface area contributed by atoms with Crippen molar-refractivity contribution in [1.29, 1.82) is 0 Å². The van der Waals surface area contributed by atoms with Gasteiger partial charge in [-0.2, -0.15) is 0 Å². The van der Waals surface area contributed by atoms with E-state index >= 15 is 0 Å². The Morgan fingerprint density at radius 2 is 1.83 bits per heavy atom. The van der Waals surface area contributed by atoms with E-state index in [1.807, 2.05) is 12.1 Å². The van der Waals surface area contributed by atoms with Crippen LogP contribution >= 0.6 is 0 Å². The number of esters is 1. The largest absolute Gasteiger partial charge is 0.506 e. The van der Waals surface area contributed by atoms with Crippen LogP contribution in [0.4, 0.5) is 0 Å². The molecule has 120 valence electrons. The monoisotopic (exact) mass is 313 g/mol. The average Bonchev–Trinajstić information content (AvgIpc) is 3.09. The van der Waals surface area contributed by atoms with Crippen LogP contribution in [-0.2, 0) is 9.53 Å². The molecule has 1 atom stereocenters. The van der Waals surface area contributed by atoms with Gasteiger partial charge >= 0.3 is 5.97 Å². The van der Waals surface area contributed by atoms with E-state index < -0.39 is 12.1 Å². The first kappa shape index (κ1) is 15.3. The van der Waals surface area contributed by atoms with Crippen molar-refractivity contribution in [3.05, 3.63) is 42.0 Å². The molecule has 0 aliphatic carbocycles. The van der Waals surface area contributed by atoms with Crippen LogP contribution in [0, 0.1) is 0 Å². The maximum Gasteiger partial charge on any atom is 0.342 e. The van der Waals surface area contributed by atoms with Crippen LogP contribution in [-0.4, -0.2) is 41.1 Å². The normalized spacial score (nSPS) is 15.6. The molecule has 1 aliphatic rings. The molecule has 2 aromatic carbocycles. The zero-order valence-electron chi connectivity index (χ0n) is 13.0. The number of phenols is 1. The molecule has 1 fully saturated rings. The van der Waals surface area contributed by atoms with Crippen LogP contribution in [0.3, 0.4) is 0 Å². The molecule has 2 aromatic rings. The van der Waals surface area contributed by atoms with E-state index in [0.29, 0.717) is 18.5 Å². The van der Waals surface area contributed by atoms with Gasteiger partial charge in [0.2, 0.25) is 0 Å². The molecule has 1 N–H and O–H groups in total. The molecule has 0 aromatic heterocycles. The van der Waals surface area contributed by atoms with E-state index in [1.165, 1.54) is 6.07 Å². The standard InChI is InChI=1S/C18H19NO4/c1-12(17(21)19-10-4-5-11-19)23-18(22)15-9-8-13-6-2-3-7-14(13)16(15)20/h2-3,6-9,12,20H,4-5,10-11H2,1H3/t12-/m1/s1. The van der Waals surface area contributed by atoms with Gasteiger partial charge in [0, 0.05) is 18.5 Å². The van der Waals surface area contributed by atoms with Gasteiger partial charge in [-0.15, -0.1) is 0 Å². The third-order valence-corrected chi connectivity index (χ3v) is 4.17. The Balaban J connectivity index is 1.77. The molecule has 0 unspecified atom stereocenters. The Labute approximate surface area is 134 Å². The lowest BCUT2D eigenvalue weighted by Crippen LogP contribution is -2.38. The van der Waals surface area contributed by atoms with E-state index in [0.717, 1.165) is 18.2 Å². The summed E-state index contributed by atoms with van der Waals surface area (Å²) in [7, 11) is 0. The summed E-state index contributed by atoms with van der Waals surface area (Å²) in [4.78, 5) is 26.2. The van der Waals surface area contributed by atoms with E-state index in [-0.39, 0.29) is 17.2 Å². The first-order valence-electron chi connectivity index (χ1n) is 7.78. The number of rotatable bonds is 3. The number of carbonyl (C=O) groups is 2. The van der Waals surface area contributed by atoms with Crippen LogP contribution < -0.4 is 0 Å². The summed E-state index contributed by atoms with van der Waals surface area (Å²) in [6.07, 6.45) is 1.11. The van der Waals surface area contributed by atoms with Gasteiger partial charge in [0.05, 0.1) is 0 Å². The molecule has 3 rings (SSSR count). The Hall–Kier alpha value is -2.56.